The van der Waals surface area contributed by atoms with Gasteiger partial charge in [-0.1, -0.05) is 0 Å². The third-order valence-corrected chi connectivity index (χ3v) is 1.89. The third kappa shape index (κ3) is 2.45. The lowest BCUT2D eigenvalue weighted by Crippen LogP contribution is -2.22. The van der Waals surface area contributed by atoms with Gasteiger partial charge in [0.25, 0.3) is 0 Å². The van der Waals surface area contributed by atoms with Gasteiger partial charge in [0.1, 0.15) is 0 Å². The van der Waals surface area contributed by atoms with E-state index in [1.54, 1.807) is 0 Å². The second-order valence-electron chi connectivity index (χ2n) is 2.35. The first-order valence-corrected chi connectivity index (χ1v) is 4.00. The van der Waals surface area contributed by atoms with Crippen LogP contribution in [0.2, 0.25) is 0 Å². The van der Waals surface area contributed by atoms with Gasteiger partial charge >= 0.3 is 0 Å². The number of halogens is 1. The molecule has 0 saturated carbocycles. The standard InChI is InChI=1S/C6H10BrNO/c7-6(9)4-5-2-1-3-8-5/h5,8H,1-4H2. The summed E-state index contributed by atoms with van der Waals surface area (Å²) in [6, 6.07) is 0.442. The minimum atomic E-state index is 0.113. The Morgan fingerprint density at radius 3 is 3.00 bits per heavy atom. The number of carbonyl (C=O) groups is 1. The quantitative estimate of drug-likeness (QED) is 0.662. The maximum atomic E-state index is 10.5. The van der Waals surface area contributed by atoms with Gasteiger partial charge in [0.2, 0.25) is 0 Å². The summed E-state index contributed by atoms with van der Waals surface area (Å²) < 4.78 is 0.113. The van der Waals surface area contributed by atoms with E-state index in [1.807, 2.05) is 0 Å². The van der Waals surface area contributed by atoms with Crippen LogP contribution in [0.25, 0.3) is 0 Å². The van der Waals surface area contributed by atoms with Crippen LogP contribution in [0.15, 0.2) is 0 Å². The summed E-state index contributed by atoms with van der Waals surface area (Å²) in [4.78, 5) is 10.5. The van der Waals surface area contributed by atoms with Crippen molar-refractivity contribution in [3.8, 4) is 0 Å². The van der Waals surface area contributed by atoms with Crippen LogP contribution in [0.1, 0.15) is 19.3 Å². The molecule has 52 valence electrons. The summed E-state index contributed by atoms with van der Waals surface area (Å²) in [5.41, 5.74) is 0. The Labute approximate surface area is 63.1 Å². The highest BCUT2D eigenvalue weighted by Crippen LogP contribution is 2.10. The molecule has 0 amide bonds. The molecule has 1 fully saturated rings. The highest BCUT2D eigenvalue weighted by atomic mass is 79.9. The summed E-state index contributed by atoms with van der Waals surface area (Å²) >= 11 is 2.91. The van der Waals surface area contributed by atoms with Crippen LogP contribution in [-0.4, -0.2) is 17.3 Å². The molecule has 1 aliphatic rings. The molecule has 3 heteroatoms. The first-order valence-electron chi connectivity index (χ1n) is 3.21. The first kappa shape index (κ1) is 7.22. The highest BCUT2D eigenvalue weighted by molar-refractivity contribution is 9.18. The van der Waals surface area contributed by atoms with E-state index in [1.165, 1.54) is 6.42 Å². The van der Waals surface area contributed by atoms with Gasteiger partial charge in [0.05, 0.1) is 0 Å². The van der Waals surface area contributed by atoms with Crippen molar-refractivity contribution in [3.63, 3.8) is 0 Å². The Morgan fingerprint density at radius 1 is 1.78 bits per heavy atom. The second kappa shape index (κ2) is 3.32. The summed E-state index contributed by atoms with van der Waals surface area (Å²) in [6.07, 6.45) is 3.00. The Balaban J connectivity index is 2.19. The average Bonchev–Trinajstić information content (AvgIpc) is 2.15. The van der Waals surface area contributed by atoms with E-state index in [0.717, 1.165) is 13.0 Å². The predicted octanol–water partition coefficient (Wildman–Crippen LogP) is 1.05. The van der Waals surface area contributed by atoms with Crippen molar-refractivity contribution >= 4 is 20.6 Å². The molecule has 0 aromatic heterocycles. The maximum absolute atomic E-state index is 10.5. The first-order chi connectivity index (χ1) is 4.29. The number of nitrogens with one attached hydrogen (secondary N) is 1. The molecule has 9 heavy (non-hydrogen) atoms. The SMILES string of the molecule is O=C(Br)CC1CCCN1. The van der Waals surface area contributed by atoms with Crippen LogP contribution < -0.4 is 5.32 Å². The smallest absolute Gasteiger partial charge is 0.199 e. The average molecular weight is 192 g/mol. The summed E-state index contributed by atoms with van der Waals surface area (Å²) in [5, 5.41) is 3.24. The van der Waals surface area contributed by atoms with E-state index in [9.17, 15) is 4.79 Å². The zero-order valence-corrected chi connectivity index (χ0v) is 6.78. The molecule has 1 unspecified atom stereocenters. The Hall–Kier alpha value is 0.110. The van der Waals surface area contributed by atoms with E-state index >= 15 is 0 Å². The van der Waals surface area contributed by atoms with Crippen LogP contribution in [0.5, 0.6) is 0 Å². The largest absolute Gasteiger partial charge is 0.314 e. The van der Waals surface area contributed by atoms with Crippen LogP contribution in [0.3, 0.4) is 0 Å². The Morgan fingerprint density at radius 2 is 2.56 bits per heavy atom. The molecule has 1 saturated heterocycles. The lowest BCUT2D eigenvalue weighted by molar-refractivity contribution is -0.110. The molecule has 0 bridgehead atoms. The van der Waals surface area contributed by atoms with Crippen molar-refractivity contribution in [1.82, 2.24) is 5.32 Å². The van der Waals surface area contributed by atoms with E-state index in [0.29, 0.717) is 12.5 Å². The molecule has 1 aliphatic heterocycles. The molecule has 0 radical (unpaired) electrons. The fourth-order valence-electron chi connectivity index (χ4n) is 1.12. The van der Waals surface area contributed by atoms with Gasteiger partial charge in [0.15, 0.2) is 4.69 Å². The van der Waals surface area contributed by atoms with Gasteiger partial charge in [0, 0.05) is 12.5 Å². The predicted molar refractivity (Wildman–Crippen MR) is 39.6 cm³/mol. The topological polar surface area (TPSA) is 29.1 Å². The van der Waals surface area contributed by atoms with E-state index in [-0.39, 0.29) is 4.69 Å². The fraction of sp³-hybridized carbons (Fsp3) is 0.833. The maximum Gasteiger partial charge on any atom is 0.199 e. The number of carbonyl (C=O) groups excluding carboxylic acids is 1. The summed E-state index contributed by atoms with van der Waals surface area (Å²) in [5.74, 6) is 0. The van der Waals surface area contributed by atoms with Crippen molar-refractivity contribution in [2.45, 2.75) is 25.3 Å². The van der Waals surface area contributed by atoms with Crippen LogP contribution >= 0.6 is 15.9 Å². The van der Waals surface area contributed by atoms with Crippen molar-refractivity contribution in [3.05, 3.63) is 0 Å². The fourth-order valence-corrected chi connectivity index (χ4v) is 1.52. The van der Waals surface area contributed by atoms with E-state index in [4.69, 9.17) is 0 Å². The number of hydrogen-bond acceptors (Lipinski definition) is 2. The lowest BCUT2D eigenvalue weighted by Gasteiger charge is -2.03. The zero-order valence-electron chi connectivity index (χ0n) is 5.19. The van der Waals surface area contributed by atoms with Crippen molar-refractivity contribution < 1.29 is 4.79 Å². The van der Waals surface area contributed by atoms with E-state index in [2.05, 4.69) is 21.2 Å². The van der Waals surface area contributed by atoms with Gasteiger partial charge < -0.3 is 5.32 Å². The molecule has 0 aliphatic carbocycles. The minimum absolute atomic E-state index is 0.113. The van der Waals surface area contributed by atoms with Gasteiger partial charge in [-0.15, -0.1) is 0 Å². The second-order valence-corrected chi connectivity index (χ2v) is 3.24. The molecule has 1 atom stereocenters. The highest BCUT2D eigenvalue weighted by Gasteiger charge is 2.15. The Kier molecular flexibility index (Phi) is 2.66. The van der Waals surface area contributed by atoms with Crippen LogP contribution in [-0.2, 0) is 4.79 Å². The normalized spacial score (nSPS) is 26.6. The number of rotatable bonds is 2. The molecular formula is C6H10BrNO. The molecule has 1 rings (SSSR count). The van der Waals surface area contributed by atoms with Gasteiger partial charge in [-0.2, -0.15) is 0 Å². The van der Waals surface area contributed by atoms with Crippen LogP contribution in [0.4, 0.5) is 0 Å². The monoisotopic (exact) mass is 191 g/mol. The molecule has 1 N–H and O–H groups in total. The molecule has 0 aromatic carbocycles. The molecule has 2 nitrogen and oxygen atoms in total. The van der Waals surface area contributed by atoms with Crippen molar-refractivity contribution in [2.24, 2.45) is 0 Å². The number of hydrogen-bond donors (Lipinski definition) is 1. The van der Waals surface area contributed by atoms with Gasteiger partial charge in [-0.05, 0) is 35.3 Å². The van der Waals surface area contributed by atoms with Gasteiger partial charge in [-0.3, -0.25) is 4.79 Å². The molecular weight excluding hydrogens is 182 g/mol. The minimum Gasteiger partial charge on any atom is -0.314 e. The van der Waals surface area contributed by atoms with Crippen molar-refractivity contribution in [2.75, 3.05) is 6.54 Å². The summed E-state index contributed by atoms with van der Waals surface area (Å²) in [6.45, 7) is 1.07. The molecule has 0 aromatic rings. The Bertz CT molecular complexity index is 110. The van der Waals surface area contributed by atoms with Crippen molar-refractivity contribution in [1.29, 1.82) is 0 Å². The van der Waals surface area contributed by atoms with E-state index < -0.39 is 0 Å². The molecule has 0 spiro atoms. The van der Waals surface area contributed by atoms with Crippen LogP contribution in [0, 0.1) is 0 Å². The third-order valence-electron chi connectivity index (χ3n) is 1.57. The summed E-state index contributed by atoms with van der Waals surface area (Å²) in [7, 11) is 0. The molecule has 1 heterocycles. The lowest BCUT2D eigenvalue weighted by atomic mass is 10.2. The van der Waals surface area contributed by atoms with Gasteiger partial charge in [-0.25, -0.2) is 0 Å². The zero-order chi connectivity index (χ0) is 6.69.